The zero-order valence-electron chi connectivity index (χ0n) is 14.5. The Hall–Kier alpha value is -2.47. The fourth-order valence-corrected chi connectivity index (χ4v) is 3.01. The van der Waals surface area contributed by atoms with E-state index in [1.165, 1.54) is 12.6 Å². The molecule has 1 fully saturated rings. The molecule has 0 saturated carbocycles. The molecule has 3 rings (SSSR count). The third-order valence-electron chi connectivity index (χ3n) is 4.47. The van der Waals surface area contributed by atoms with Crippen LogP contribution in [0.15, 0.2) is 36.7 Å². The summed E-state index contributed by atoms with van der Waals surface area (Å²) in [4.78, 5) is 22.9. The molecule has 1 aliphatic heterocycles. The number of nitrogens with two attached hydrogens (primary N) is 1. The van der Waals surface area contributed by atoms with Crippen molar-refractivity contribution in [2.24, 2.45) is 0 Å². The molecule has 2 heterocycles. The number of hydrogen-bond acceptors (Lipinski definition) is 5. The molecule has 0 bridgehead atoms. The van der Waals surface area contributed by atoms with Crippen LogP contribution < -0.4 is 5.73 Å². The molecule has 25 heavy (non-hydrogen) atoms. The molecule has 2 aromatic rings. The second-order valence-electron chi connectivity index (χ2n) is 6.24. The van der Waals surface area contributed by atoms with Gasteiger partial charge in [0.1, 0.15) is 5.82 Å². The van der Waals surface area contributed by atoms with Crippen LogP contribution in [-0.2, 0) is 4.74 Å². The van der Waals surface area contributed by atoms with E-state index in [0.717, 1.165) is 30.7 Å². The number of amides is 1. The van der Waals surface area contributed by atoms with Crippen molar-refractivity contribution in [3.05, 3.63) is 42.2 Å². The maximum Gasteiger partial charge on any atom is 0.253 e. The zero-order chi connectivity index (χ0) is 17.6. The molecule has 1 aliphatic rings. The van der Waals surface area contributed by atoms with Crippen LogP contribution in [0, 0.1) is 0 Å². The highest BCUT2D eigenvalue weighted by Crippen LogP contribution is 2.19. The van der Waals surface area contributed by atoms with Gasteiger partial charge in [-0.25, -0.2) is 4.98 Å². The highest BCUT2D eigenvalue weighted by Gasteiger charge is 2.21. The van der Waals surface area contributed by atoms with Crippen molar-refractivity contribution in [3.63, 3.8) is 0 Å². The minimum Gasteiger partial charge on any atom is -0.382 e. The largest absolute Gasteiger partial charge is 0.382 e. The van der Waals surface area contributed by atoms with Crippen molar-refractivity contribution in [1.29, 1.82) is 0 Å². The molecular weight excluding hydrogens is 316 g/mol. The summed E-state index contributed by atoms with van der Waals surface area (Å²) in [5.41, 5.74) is 7.87. The first-order valence-electron chi connectivity index (χ1n) is 8.76. The monoisotopic (exact) mass is 340 g/mol. The van der Waals surface area contributed by atoms with E-state index < -0.39 is 0 Å². The number of likely N-dealkylation sites (N-methyl/N-ethyl adjacent to an activating group) is 1. The zero-order valence-corrected chi connectivity index (χ0v) is 14.5. The molecular formula is C19H24N4O2. The molecule has 1 atom stereocenters. The van der Waals surface area contributed by atoms with Gasteiger partial charge in [0, 0.05) is 30.8 Å². The predicted molar refractivity (Wildman–Crippen MR) is 97.0 cm³/mol. The Morgan fingerprint density at radius 3 is 2.64 bits per heavy atom. The summed E-state index contributed by atoms with van der Waals surface area (Å²) >= 11 is 0. The van der Waals surface area contributed by atoms with Gasteiger partial charge in [0.2, 0.25) is 0 Å². The number of nitrogens with zero attached hydrogens (tertiary/aromatic N) is 3. The molecule has 1 aromatic carbocycles. The van der Waals surface area contributed by atoms with E-state index in [1.807, 2.05) is 36.1 Å². The number of carbonyl (C=O) groups excluding carboxylic acids is 1. The van der Waals surface area contributed by atoms with Gasteiger partial charge in [-0.2, -0.15) is 0 Å². The maximum atomic E-state index is 12.8. The summed E-state index contributed by atoms with van der Waals surface area (Å²) in [5, 5.41) is 0. The fraction of sp³-hybridized carbons (Fsp3) is 0.421. The summed E-state index contributed by atoms with van der Waals surface area (Å²) in [7, 11) is 0. The molecule has 132 valence electrons. The Morgan fingerprint density at radius 1 is 1.24 bits per heavy atom. The van der Waals surface area contributed by atoms with Crippen molar-refractivity contribution in [2.45, 2.75) is 32.3 Å². The maximum absolute atomic E-state index is 12.8. The molecule has 1 saturated heterocycles. The first kappa shape index (κ1) is 17.4. The van der Waals surface area contributed by atoms with Crippen LogP contribution in [0.5, 0.6) is 0 Å². The Balaban J connectivity index is 1.69. The normalized spacial score (nSPS) is 17.2. The van der Waals surface area contributed by atoms with Gasteiger partial charge in [0.15, 0.2) is 0 Å². The van der Waals surface area contributed by atoms with Gasteiger partial charge in [-0.3, -0.25) is 9.78 Å². The first-order chi connectivity index (χ1) is 12.2. The lowest BCUT2D eigenvalue weighted by molar-refractivity contribution is -0.00311. The SMILES string of the molecule is CCN(C[C@@H]1CCCCO1)C(=O)c1ccc(-c2cnc(N)cn2)cc1. The van der Waals surface area contributed by atoms with E-state index in [0.29, 0.717) is 24.5 Å². The second-order valence-corrected chi connectivity index (χ2v) is 6.24. The number of aromatic nitrogens is 2. The van der Waals surface area contributed by atoms with Gasteiger partial charge in [-0.1, -0.05) is 12.1 Å². The Kier molecular flexibility index (Phi) is 5.60. The van der Waals surface area contributed by atoms with Crippen LogP contribution in [0.1, 0.15) is 36.5 Å². The number of anilines is 1. The molecule has 0 radical (unpaired) electrons. The van der Waals surface area contributed by atoms with Crippen molar-refractivity contribution in [2.75, 3.05) is 25.4 Å². The molecule has 0 spiro atoms. The van der Waals surface area contributed by atoms with Crippen LogP contribution >= 0.6 is 0 Å². The van der Waals surface area contributed by atoms with Crippen molar-refractivity contribution < 1.29 is 9.53 Å². The van der Waals surface area contributed by atoms with E-state index >= 15 is 0 Å². The molecule has 0 aliphatic carbocycles. The Bertz CT molecular complexity index is 694. The number of hydrogen-bond donors (Lipinski definition) is 1. The minimum atomic E-state index is 0.0339. The van der Waals surface area contributed by atoms with Crippen molar-refractivity contribution in [3.8, 4) is 11.3 Å². The van der Waals surface area contributed by atoms with E-state index in [-0.39, 0.29) is 12.0 Å². The van der Waals surface area contributed by atoms with Gasteiger partial charge < -0.3 is 15.4 Å². The standard InChI is InChI=1S/C19H24N4O2/c1-2-23(13-16-5-3-4-10-25-16)19(24)15-8-6-14(7-9-15)17-11-22-18(20)12-21-17/h6-9,11-12,16H,2-5,10,13H2,1H3,(H2,20,22)/t16-/m0/s1. The van der Waals surface area contributed by atoms with Crippen LogP contribution in [0.4, 0.5) is 5.82 Å². The summed E-state index contributed by atoms with van der Waals surface area (Å²) in [6.45, 7) is 4.12. The van der Waals surface area contributed by atoms with Crippen LogP contribution in [0.25, 0.3) is 11.3 Å². The summed E-state index contributed by atoms with van der Waals surface area (Å²) in [6.07, 6.45) is 6.63. The van der Waals surface area contributed by atoms with Gasteiger partial charge in [-0.15, -0.1) is 0 Å². The highest BCUT2D eigenvalue weighted by atomic mass is 16.5. The minimum absolute atomic E-state index is 0.0339. The number of ether oxygens (including phenoxy) is 1. The average Bonchev–Trinajstić information content (AvgIpc) is 2.67. The number of benzene rings is 1. The molecule has 1 aromatic heterocycles. The third-order valence-corrected chi connectivity index (χ3v) is 4.47. The molecule has 6 nitrogen and oxygen atoms in total. The summed E-state index contributed by atoms with van der Waals surface area (Å²) < 4.78 is 5.76. The lowest BCUT2D eigenvalue weighted by atomic mass is 10.1. The highest BCUT2D eigenvalue weighted by molar-refractivity contribution is 5.94. The van der Waals surface area contributed by atoms with Crippen molar-refractivity contribution >= 4 is 11.7 Å². The van der Waals surface area contributed by atoms with Gasteiger partial charge in [0.05, 0.1) is 24.2 Å². The lowest BCUT2D eigenvalue weighted by Crippen LogP contribution is -2.39. The number of carbonyl (C=O) groups is 1. The van der Waals surface area contributed by atoms with E-state index in [4.69, 9.17) is 10.5 Å². The Morgan fingerprint density at radius 2 is 2.04 bits per heavy atom. The van der Waals surface area contributed by atoms with E-state index in [1.54, 1.807) is 6.20 Å². The summed E-state index contributed by atoms with van der Waals surface area (Å²) in [5.74, 6) is 0.422. The number of nitrogen functional groups attached to an aromatic ring is 1. The first-order valence-corrected chi connectivity index (χ1v) is 8.76. The van der Waals surface area contributed by atoms with E-state index in [2.05, 4.69) is 9.97 Å². The Labute approximate surface area is 148 Å². The summed E-state index contributed by atoms with van der Waals surface area (Å²) in [6, 6.07) is 7.44. The van der Waals surface area contributed by atoms with Gasteiger partial charge in [0.25, 0.3) is 5.91 Å². The smallest absolute Gasteiger partial charge is 0.253 e. The second kappa shape index (κ2) is 8.07. The van der Waals surface area contributed by atoms with Gasteiger partial charge >= 0.3 is 0 Å². The van der Waals surface area contributed by atoms with Crippen LogP contribution in [-0.4, -0.2) is 46.6 Å². The van der Waals surface area contributed by atoms with Crippen LogP contribution in [0.3, 0.4) is 0 Å². The van der Waals surface area contributed by atoms with Gasteiger partial charge in [-0.05, 0) is 38.3 Å². The predicted octanol–water partition coefficient (Wildman–Crippen LogP) is 2.76. The lowest BCUT2D eigenvalue weighted by Gasteiger charge is -2.29. The molecule has 1 amide bonds. The molecule has 6 heteroatoms. The van der Waals surface area contributed by atoms with Crippen LogP contribution in [0.2, 0.25) is 0 Å². The fourth-order valence-electron chi connectivity index (χ4n) is 3.01. The number of rotatable bonds is 5. The van der Waals surface area contributed by atoms with Crippen molar-refractivity contribution in [1.82, 2.24) is 14.9 Å². The average molecular weight is 340 g/mol. The van der Waals surface area contributed by atoms with E-state index in [9.17, 15) is 4.79 Å². The third kappa shape index (κ3) is 4.33. The topological polar surface area (TPSA) is 81.3 Å². The molecule has 0 unspecified atom stereocenters. The quantitative estimate of drug-likeness (QED) is 0.905. The molecule has 2 N–H and O–H groups in total.